The molecular weight excluding hydrogens is 404 g/mol. The number of carbonyl (C=O) groups is 2. The van der Waals surface area contributed by atoms with Crippen LogP contribution in [0.4, 0.5) is 11.4 Å². The first kappa shape index (κ1) is 22.9. The minimum atomic E-state index is -0.789. The summed E-state index contributed by atoms with van der Waals surface area (Å²) in [7, 11) is 3.94. The molecule has 2 aromatic carbocycles. The number of thioether (sulfide) groups is 1. The fraction of sp³-hybridized carbons (Fsp3) is 0.318. The Balaban J connectivity index is 2.00. The van der Waals surface area contributed by atoms with Crippen LogP contribution in [0.2, 0.25) is 0 Å². The van der Waals surface area contributed by atoms with Crippen LogP contribution in [0.15, 0.2) is 48.5 Å². The van der Waals surface area contributed by atoms with E-state index in [0.29, 0.717) is 34.9 Å². The molecule has 0 spiro atoms. The molecule has 0 heterocycles. The zero-order valence-corrected chi connectivity index (χ0v) is 18.3. The Hall–Kier alpha value is -2.38. The van der Waals surface area contributed by atoms with Gasteiger partial charge in [0.25, 0.3) is 0 Å². The number of Topliss-reactive ketones (excluding diaryl/α,β-unsaturated/α-hetero) is 1. The third-order valence-corrected chi connectivity index (χ3v) is 5.59. The number of benzene rings is 2. The van der Waals surface area contributed by atoms with E-state index in [1.807, 2.05) is 67.5 Å². The molecule has 0 aliphatic heterocycles. The topological polar surface area (TPSA) is 69.6 Å². The number of nitrogens with one attached hydrogen (secondary N) is 1. The van der Waals surface area contributed by atoms with Gasteiger partial charge in [-0.25, -0.2) is 0 Å². The van der Waals surface area contributed by atoms with Crippen molar-refractivity contribution in [2.45, 2.75) is 25.0 Å². The summed E-state index contributed by atoms with van der Waals surface area (Å²) in [5.74, 6) is 0.527. The second-order valence-electron chi connectivity index (χ2n) is 6.77. The van der Waals surface area contributed by atoms with Crippen molar-refractivity contribution in [3.05, 3.63) is 59.7 Å². The molecular formula is C22H26N2O3S2. The number of hydrogen-bond donors (Lipinski definition) is 2. The summed E-state index contributed by atoms with van der Waals surface area (Å²) in [6.07, 6.45) is 0.968. The first-order chi connectivity index (χ1) is 13.9. The van der Waals surface area contributed by atoms with Crippen LogP contribution >= 0.6 is 24.0 Å². The van der Waals surface area contributed by atoms with Gasteiger partial charge in [-0.2, -0.15) is 11.8 Å². The van der Waals surface area contributed by atoms with E-state index in [-0.39, 0.29) is 12.2 Å². The number of anilines is 2. The van der Waals surface area contributed by atoms with Crippen molar-refractivity contribution in [3.63, 3.8) is 0 Å². The number of nitrogens with zero attached hydrogens (tertiary/aromatic N) is 1. The monoisotopic (exact) mass is 430 g/mol. The molecule has 0 fully saturated rings. The predicted octanol–water partition coefficient (Wildman–Crippen LogP) is 4.86. The van der Waals surface area contributed by atoms with E-state index < -0.39 is 5.97 Å². The van der Waals surface area contributed by atoms with Gasteiger partial charge < -0.3 is 15.3 Å². The number of aliphatic carboxylic acids is 1. The zero-order valence-electron chi connectivity index (χ0n) is 16.7. The molecule has 0 radical (unpaired) electrons. The lowest BCUT2D eigenvalue weighted by atomic mass is 10.1. The van der Waals surface area contributed by atoms with Crippen LogP contribution in [-0.4, -0.2) is 41.7 Å². The van der Waals surface area contributed by atoms with E-state index in [1.165, 1.54) is 0 Å². The number of rotatable bonds is 11. The van der Waals surface area contributed by atoms with Gasteiger partial charge in [0.2, 0.25) is 0 Å². The maximum absolute atomic E-state index is 12.3. The lowest BCUT2D eigenvalue weighted by Crippen LogP contribution is -2.14. The van der Waals surface area contributed by atoms with Crippen LogP contribution in [0.1, 0.15) is 35.2 Å². The summed E-state index contributed by atoms with van der Waals surface area (Å²) < 4.78 is 0. The third-order valence-electron chi connectivity index (χ3n) is 4.28. The molecule has 2 N–H and O–H groups in total. The van der Waals surface area contributed by atoms with E-state index in [2.05, 4.69) is 5.32 Å². The third kappa shape index (κ3) is 7.87. The van der Waals surface area contributed by atoms with Crippen molar-refractivity contribution in [1.82, 2.24) is 0 Å². The van der Waals surface area contributed by atoms with Crippen LogP contribution in [0, 0.1) is 0 Å². The van der Waals surface area contributed by atoms with Crippen molar-refractivity contribution in [1.29, 1.82) is 0 Å². The maximum Gasteiger partial charge on any atom is 0.304 e. The molecule has 0 aromatic heterocycles. The molecule has 0 atom stereocenters. The molecule has 29 heavy (non-hydrogen) atoms. The minimum absolute atomic E-state index is 0.0706. The Labute approximate surface area is 181 Å². The highest BCUT2D eigenvalue weighted by Gasteiger charge is 2.11. The average molecular weight is 431 g/mol. The van der Waals surface area contributed by atoms with Crippen molar-refractivity contribution < 1.29 is 14.7 Å². The summed E-state index contributed by atoms with van der Waals surface area (Å²) >= 11 is 7.05. The average Bonchev–Trinajstić information content (AvgIpc) is 2.70. The van der Waals surface area contributed by atoms with Gasteiger partial charge >= 0.3 is 5.97 Å². The number of hydrogen-bond acceptors (Lipinski definition) is 5. The summed E-state index contributed by atoms with van der Waals surface area (Å²) in [5.41, 5.74) is 3.69. The highest BCUT2D eigenvalue weighted by atomic mass is 32.2. The molecule has 0 amide bonds. The minimum Gasteiger partial charge on any atom is -0.481 e. The summed E-state index contributed by atoms with van der Waals surface area (Å²) in [6, 6.07) is 15.3. The van der Waals surface area contributed by atoms with E-state index >= 15 is 0 Å². The fourth-order valence-corrected chi connectivity index (χ4v) is 3.78. The van der Waals surface area contributed by atoms with Gasteiger partial charge in [-0.15, -0.1) is 0 Å². The highest BCUT2D eigenvalue weighted by molar-refractivity contribution is 7.98. The van der Waals surface area contributed by atoms with E-state index in [1.54, 1.807) is 11.8 Å². The molecule has 7 heteroatoms. The van der Waals surface area contributed by atoms with Crippen LogP contribution in [0.3, 0.4) is 0 Å². The lowest BCUT2D eigenvalue weighted by molar-refractivity contribution is -0.136. The second-order valence-corrected chi connectivity index (χ2v) is 8.37. The second kappa shape index (κ2) is 11.6. The standard InChI is InChI=1S/C22H26N2O3S2/c1-24(2)18-9-8-17(15-29-13-12-22(26)27)19(14-18)23-21(28)11-10-20(25)16-6-4-3-5-7-16/h3-9,14H,10-13,15H2,1-2H3,(H,23,28)(H,26,27). The molecule has 0 unspecified atom stereocenters. The van der Waals surface area contributed by atoms with Gasteiger partial charge in [0.1, 0.15) is 0 Å². The number of carboxylic acids is 1. The zero-order chi connectivity index (χ0) is 21.2. The first-order valence-corrected chi connectivity index (χ1v) is 10.9. The molecule has 0 bridgehead atoms. The van der Waals surface area contributed by atoms with Crippen molar-refractivity contribution in [3.8, 4) is 0 Å². The molecule has 0 saturated heterocycles. The van der Waals surface area contributed by atoms with Gasteiger partial charge in [0.15, 0.2) is 5.78 Å². The normalized spacial score (nSPS) is 10.4. The van der Waals surface area contributed by atoms with Crippen LogP contribution in [-0.2, 0) is 10.5 Å². The van der Waals surface area contributed by atoms with E-state index in [4.69, 9.17) is 17.3 Å². The molecule has 2 aromatic rings. The van der Waals surface area contributed by atoms with E-state index in [9.17, 15) is 9.59 Å². The SMILES string of the molecule is CN(C)c1ccc(CSCCC(=O)O)c(NC(=S)CCC(=O)c2ccccc2)c1. The summed E-state index contributed by atoms with van der Waals surface area (Å²) in [5, 5.41) is 12.1. The van der Waals surface area contributed by atoms with Crippen LogP contribution < -0.4 is 10.2 Å². The van der Waals surface area contributed by atoms with Gasteiger partial charge in [-0.3, -0.25) is 9.59 Å². The maximum atomic E-state index is 12.3. The predicted molar refractivity (Wildman–Crippen MR) is 125 cm³/mol. The van der Waals surface area contributed by atoms with Crippen LogP contribution in [0.25, 0.3) is 0 Å². The lowest BCUT2D eigenvalue weighted by Gasteiger charge is -2.18. The molecule has 154 valence electrons. The van der Waals surface area contributed by atoms with Gasteiger partial charge in [0, 0.05) is 55.4 Å². The number of thiocarbonyl (C=S) groups is 1. The van der Waals surface area contributed by atoms with Crippen molar-refractivity contribution in [2.75, 3.05) is 30.1 Å². The van der Waals surface area contributed by atoms with Gasteiger partial charge in [-0.05, 0) is 17.7 Å². The number of ketones is 1. The number of carboxylic acid groups (broad SMARTS) is 1. The summed E-state index contributed by atoms with van der Waals surface area (Å²) in [6.45, 7) is 0. The smallest absolute Gasteiger partial charge is 0.304 e. The quantitative estimate of drug-likeness (QED) is 0.300. The Morgan fingerprint density at radius 3 is 2.45 bits per heavy atom. The largest absolute Gasteiger partial charge is 0.481 e. The Bertz CT molecular complexity index is 854. The van der Waals surface area contributed by atoms with E-state index in [0.717, 1.165) is 16.9 Å². The molecule has 0 aliphatic carbocycles. The number of carbonyl (C=O) groups excluding carboxylic acids is 1. The Kier molecular flexibility index (Phi) is 9.15. The Morgan fingerprint density at radius 1 is 1.07 bits per heavy atom. The molecule has 0 saturated carbocycles. The first-order valence-electron chi connectivity index (χ1n) is 9.34. The van der Waals surface area contributed by atoms with Crippen molar-refractivity contribution >= 4 is 52.1 Å². The molecule has 2 rings (SSSR count). The van der Waals surface area contributed by atoms with Gasteiger partial charge in [-0.1, -0.05) is 48.6 Å². The van der Waals surface area contributed by atoms with Crippen molar-refractivity contribution in [2.24, 2.45) is 0 Å². The summed E-state index contributed by atoms with van der Waals surface area (Å²) in [4.78, 5) is 25.6. The fourth-order valence-electron chi connectivity index (χ4n) is 2.63. The Morgan fingerprint density at radius 2 is 1.79 bits per heavy atom. The highest BCUT2D eigenvalue weighted by Crippen LogP contribution is 2.27. The van der Waals surface area contributed by atoms with Crippen LogP contribution in [0.5, 0.6) is 0 Å². The van der Waals surface area contributed by atoms with Gasteiger partial charge in [0.05, 0.1) is 11.4 Å². The molecule has 5 nitrogen and oxygen atoms in total. The molecule has 0 aliphatic rings.